The van der Waals surface area contributed by atoms with Crippen LogP contribution in [0.5, 0.6) is 0 Å². The molecule has 98 valence electrons. The number of hydrogen-bond acceptors (Lipinski definition) is 3. The molecule has 0 aliphatic heterocycles. The lowest BCUT2D eigenvalue weighted by Gasteiger charge is -2.13. The van der Waals surface area contributed by atoms with Gasteiger partial charge < -0.3 is 10.4 Å². The molecule has 0 saturated carbocycles. The van der Waals surface area contributed by atoms with Crippen LogP contribution in [0, 0.1) is 6.92 Å². The zero-order valence-electron chi connectivity index (χ0n) is 9.95. The molecule has 2 aromatic rings. The van der Waals surface area contributed by atoms with Crippen LogP contribution in [0.1, 0.15) is 15.9 Å². The van der Waals surface area contributed by atoms with Crippen LogP contribution in [0.25, 0.3) is 0 Å². The molecule has 0 saturated heterocycles. The third-order valence-electron chi connectivity index (χ3n) is 2.60. The molecule has 6 heteroatoms. The smallest absolute Gasteiger partial charge is 0.339 e. The van der Waals surface area contributed by atoms with Gasteiger partial charge in [-0.1, -0.05) is 29.3 Å². The number of carboxylic acids is 1. The molecule has 0 spiro atoms. The number of anilines is 2. The molecule has 0 amide bonds. The molecule has 2 N–H and O–H groups in total. The topological polar surface area (TPSA) is 62.2 Å². The zero-order chi connectivity index (χ0) is 14.0. The van der Waals surface area contributed by atoms with Crippen molar-refractivity contribution in [3.63, 3.8) is 0 Å². The third-order valence-corrected chi connectivity index (χ3v) is 3.40. The van der Waals surface area contributed by atoms with Crippen molar-refractivity contribution < 1.29 is 9.90 Å². The Labute approximate surface area is 120 Å². The lowest BCUT2D eigenvalue weighted by atomic mass is 10.2. The largest absolute Gasteiger partial charge is 0.478 e. The zero-order valence-corrected chi connectivity index (χ0v) is 11.5. The number of pyridine rings is 1. The number of halogens is 2. The van der Waals surface area contributed by atoms with Crippen LogP contribution in [-0.2, 0) is 0 Å². The van der Waals surface area contributed by atoms with Crippen LogP contribution in [0.15, 0.2) is 30.6 Å². The number of carbonyl (C=O) groups is 1. The molecule has 0 atom stereocenters. The Balaban J connectivity index is 2.48. The maximum atomic E-state index is 11.1. The second-order valence-corrected chi connectivity index (χ2v) is 4.69. The predicted octanol–water partition coefficient (Wildman–Crippen LogP) is 4.14. The Kier molecular flexibility index (Phi) is 3.93. The second-order valence-electron chi connectivity index (χ2n) is 3.90. The standard InChI is InChI=1S/C13H10Cl2N2O2/c1-7-2-3-9(14)12(11(7)15)17-10-4-5-16-6-8(10)13(18)19/h2-6H,1H3,(H,16,17)(H,18,19). The van der Waals surface area contributed by atoms with Gasteiger partial charge in [-0.3, -0.25) is 4.98 Å². The summed E-state index contributed by atoms with van der Waals surface area (Å²) < 4.78 is 0. The van der Waals surface area contributed by atoms with E-state index in [4.69, 9.17) is 28.3 Å². The fourth-order valence-electron chi connectivity index (χ4n) is 1.58. The van der Waals surface area contributed by atoms with E-state index >= 15 is 0 Å². The van der Waals surface area contributed by atoms with Crippen molar-refractivity contribution in [2.75, 3.05) is 5.32 Å². The van der Waals surface area contributed by atoms with E-state index in [1.807, 2.05) is 6.92 Å². The molecule has 4 nitrogen and oxygen atoms in total. The summed E-state index contributed by atoms with van der Waals surface area (Å²) >= 11 is 12.2. The van der Waals surface area contributed by atoms with Crippen molar-refractivity contribution in [2.24, 2.45) is 0 Å². The van der Waals surface area contributed by atoms with E-state index in [1.54, 1.807) is 18.2 Å². The van der Waals surface area contributed by atoms with E-state index in [-0.39, 0.29) is 5.56 Å². The van der Waals surface area contributed by atoms with Gasteiger partial charge in [-0.15, -0.1) is 0 Å². The second kappa shape index (κ2) is 5.47. The molecule has 0 bridgehead atoms. The minimum atomic E-state index is -1.07. The lowest BCUT2D eigenvalue weighted by Crippen LogP contribution is -2.04. The molecule has 0 radical (unpaired) electrons. The minimum absolute atomic E-state index is 0.0520. The van der Waals surface area contributed by atoms with Gasteiger partial charge in [0.2, 0.25) is 0 Å². The van der Waals surface area contributed by atoms with E-state index < -0.39 is 5.97 Å². The van der Waals surface area contributed by atoms with Gasteiger partial charge in [0.25, 0.3) is 0 Å². The Morgan fingerprint density at radius 3 is 2.74 bits per heavy atom. The number of nitrogens with zero attached hydrogens (tertiary/aromatic N) is 1. The quantitative estimate of drug-likeness (QED) is 0.893. The summed E-state index contributed by atoms with van der Waals surface area (Å²) in [6.45, 7) is 1.84. The first kappa shape index (κ1) is 13.6. The summed E-state index contributed by atoms with van der Waals surface area (Å²) in [6, 6.07) is 5.05. The number of aromatic carboxylic acids is 1. The maximum absolute atomic E-state index is 11.1. The molecule has 2 rings (SSSR count). The fraction of sp³-hybridized carbons (Fsp3) is 0.0769. The summed E-state index contributed by atoms with van der Waals surface area (Å²) in [5, 5.41) is 12.9. The van der Waals surface area contributed by atoms with E-state index in [9.17, 15) is 4.79 Å². The fourth-order valence-corrected chi connectivity index (χ4v) is 2.04. The van der Waals surface area contributed by atoms with Crippen molar-refractivity contribution in [3.8, 4) is 0 Å². The summed E-state index contributed by atoms with van der Waals surface area (Å²) in [5.41, 5.74) is 1.77. The van der Waals surface area contributed by atoms with E-state index in [2.05, 4.69) is 10.3 Å². The van der Waals surface area contributed by atoms with Crippen molar-refractivity contribution in [3.05, 3.63) is 51.8 Å². The van der Waals surface area contributed by atoms with Gasteiger partial charge in [0.15, 0.2) is 0 Å². The Morgan fingerprint density at radius 2 is 2.05 bits per heavy atom. The third kappa shape index (κ3) is 2.80. The number of aryl methyl sites for hydroxylation is 1. The van der Waals surface area contributed by atoms with E-state index in [0.717, 1.165) is 5.56 Å². The maximum Gasteiger partial charge on any atom is 0.339 e. The molecule has 1 aromatic heterocycles. The van der Waals surface area contributed by atoms with Crippen LogP contribution >= 0.6 is 23.2 Å². The van der Waals surface area contributed by atoms with Gasteiger partial charge in [0.1, 0.15) is 5.56 Å². The van der Waals surface area contributed by atoms with Gasteiger partial charge >= 0.3 is 5.97 Å². The number of carboxylic acid groups (broad SMARTS) is 1. The number of nitrogens with one attached hydrogen (secondary N) is 1. The van der Waals surface area contributed by atoms with Crippen LogP contribution in [0.4, 0.5) is 11.4 Å². The molecule has 1 aromatic carbocycles. The number of aromatic nitrogens is 1. The normalized spacial score (nSPS) is 10.3. The average Bonchev–Trinajstić information content (AvgIpc) is 2.39. The molecule has 0 fully saturated rings. The highest BCUT2D eigenvalue weighted by Gasteiger charge is 2.14. The van der Waals surface area contributed by atoms with Gasteiger partial charge in [-0.05, 0) is 24.6 Å². The Morgan fingerprint density at radius 1 is 1.32 bits per heavy atom. The van der Waals surface area contributed by atoms with Gasteiger partial charge in [0.05, 0.1) is 21.4 Å². The minimum Gasteiger partial charge on any atom is -0.478 e. The molecular formula is C13H10Cl2N2O2. The van der Waals surface area contributed by atoms with Crippen LogP contribution in [0.3, 0.4) is 0 Å². The highest BCUT2D eigenvalue weighted by atomic mass is 35.5. The summed E-state index contributed by atoms with van der Waals surface area (Å²) in [5.74, 6) is -1.07. The van der Waals surface area contributed by atoms with E-state index in [1.165, 1.54) is 12.4 Å². The molecule has 0 aliphatic rings. The van der Waals surface area contributed by atoms with Crippen molar-refractivity contribution in [2.45, 2.75) is 6.92 Å². The van der Waals surface area contributed by atoms with Crippen molar-refractivity contribution >= 4 is 40.5 Å². The highest BCUT2D eigenvalue weighted by molar-refractivity contribution is 6.39. The molecule has 19 heavy (non-hydrogen) atoms. The first-order valence-corrected chi connectivity index (χ1v) is 6.15. The van der Waals surface area contributed by atoms with Crippen LogP contribution in [0.2, 0.25) is 10.0 Å². The van der Waals surface area contributed by atoms with Crippen LogP contribution in [-0.4, -0.2) is 16.1 Å². The Bertz CT molecular complexity index is 645. The highest BCUT2D eigenvalue weighted by Crippen LogP contribution is 2.35. The monoisotopic (exact) mass is 296 g/mol. The first-order chi connectivity index (χ1) is 9.00. The number of benzene rings is 1. The van der Waals surface area contributed by atoms with Crippen molar-refractivity contribution in [1.29, 1.82) is 0 Å². The first-order valence-electron chi connectivity index (χ1n) is 5.39. The van der Waals surface area contributed by atoms with Gasteiger partial charge in [-0.25, -0.2) is 4.79 Å². The summed E-state index contributed by atoms with van der Waals surface area (Å²) in [7, 11) is 0. The van der Waals surface area contributed by atoms with Crippen molar-refractivity contribution in [1.82, 2.24) is 4.98 Å². The molecule has 0 unspecified atom stereocenters. The number of hydrogen-bond donors (Lipinski definition) is 2. The molecule has 0 aliphatic carbocycles. The van der Waals surface area contributed by atoms with Gasteiger partial charge in [-0.2, -0.15) is 0 Å². The summed E-state index contributed by atoms with van der Waals surface area (Å²) in [6.07, 6.45) is 2.76. The number of rotatable bonds is 3. The molecule has 1 heterocycles. The van der Waals surface area contributed by atoms with E-state index in [0.29, 0.717) is 21.4 Å². The molecular weight excluding hydrogens is 287 g/mol. The average molecular weight is 297 g/mol. The SMILES string of the molecule is Cc1ccc(Cl)c(Nc2ccncc2C(=O)O)c1Cl. The van der Waals surface area contributed by atoms with Crippen LogP contribution < -0.4 is 5.32 Å². The van der Waals surface area contributed by atoms with Gasteiger partial charge in [0, 0.05) is 12.4 Å². The lowest BCUT2D eigenvalue weighted by molar-refractivity contribution is 0.0697. The summed E-state index contributed by atoms with van der Waals surface area (Å²) in [4.78, 5) is 14.9. The predicted molar refractivity (Wildman–Crippen MR) is 75.7 cm³/mol. The Hall–Kier alpha value is -1.78.